The Kier molecular flexibility index (Phi) is 6.73. The number of carbonyl (C=O) groups excluding carboxylic acids is 1. The van der Waals surface area contributed by atoms with Crippen molar-refractivity contribution in [3.8, 4) is 11.5 Å². The van der Waals surface area contributed by atoms with E-state index in [0.29, 0.717) is 10.0 Å². The Balaban J connectivity index is 1.87. The summed E-state index contributed by atoms with van der Waals surface area (Å²) in [6.45, 7) is 0.0567. The molecule has 0 aliphatic rings. The normalized spacial score (nSPS) is 11.3. The molecule has 11 heteroatoms. The summed E-state index contributed by atoms with van der Waals surface area (Å²) in [4.78, 5) is 25.8. The fourth-order valence-corrected chi connectivity index (χ4v) is 5.02. The summed E-state index contributed by atoms with van der Waals surface area (Å²) >= 11 is 9.20. The molecule has 0 saturated carbocycles. The van der Waals surface area contributed by atoms with Crippen LogP contribution in [0.5, 0.6) is 11.5 Å². The van der Waals surface area contributed by atoms with E-state index in [9.17, 15) is 28.2 Å². The quantitative estimate of drug-likeness (QED) is 0.389. The molecule has 0 saturated heterocycles. The predicted octanol–water partition coefficient (Wildman–Crippen LogP) is 3.11. The summed E-state index contributed by atoms with van der Waals surface area (Å²) in [5.74, 6) is -2.36. The number of aromatic hydroxyl groups is 2. The highest BCUT2D eigenvalue weighted by Crippen LogP contribution is 2.33. The van der Waals surface area contributed by atoms with Gasteiger partial charge in [-0.2, -0.15) is 0 Å². The molecule has 162 valence electrons. The molecule has 1 aromatic heterocycles. The van der Waals surface area contributed by atoms with Gasteiger partial charge in [0.25, 0.3) is 5.91 Å². The number of phenolic OH excluding ortho intramolecular Hbond substituents is 2. The summed E-state index contributed by atoms with van der Waals surface area (Å²) in [6, 6.07) is 9.23. The minimum atomic E-state index is -4.07. The van der Waals surface area contributed by atoms with Crippen molar-refractivity contribution in [2.24, 2.45) is 0 Å². The van der Waals surface area contributed by atoms with Crippen LogP contribution in [0.3, 0.4) is 0 Å². The van der Waals surface area contributed by atoms with E-state index >= 15 is 0 Å². The van der Waals surface area contributed by atoms with Crippen molar-refractivity contribution in [1.82, 2.24) is 10.3 Å². The number of phenols is 2. The van der Waals surface area contributed by atoms with E-state index in [1.807, 2.05) is 0 Å². The van der Waals surface area contributed by atoms with Gasteiger partial charge in [0.05, 0.1) is 11.3 Å². The van der Waals surface area contributed by atoms with Crippen LogP contribution >= 0.6 is 27.5 Å². The van der Waals surface area contributed by atoms with Crippen LogP contribution in [-0.2, 0) is 22.1 Å². The number of H-pyrrole nitrogens is 1. The number of aromatic amines is 1. The lowest BCUT2D eigenvalue weighted by Crippen LogP contribution is -2.23. The number of rotatable bonds is 6. The van der Waals surface area contributed by atoms with Crippen molar-refractivity contribution >= 4 is 43.3 Å². The Hall–Kier alpha value is -2.82. The van der Waals surface area contributed by atoms with Crippen LogP contribution in [0.25, 0.3) is 0 Å². The standard InChI is InChI=1S/C20H16BrClN2O6S/c21-13-2-3-16(25)17(6-13)31(29,30)10-12-5-14(22)7-15(19(12)27)20(28)24-9-11-1-4-18(26)23-8-11/h1-8,25,27H,9-10H2,(H,23,26)(H,24,28). The van der Waals surface area contributed by atoms with Gasteiger partial charge in [-0.25, -0.2) is 8.42 Å². The molecule has 4 N–H and O–H groups in total. The first-order valence-electron chi connectivity index (χ1n) is 8.75. The summed E-state index contributed by atoms with van der Waals surface area (Å²) in [5, 5.41) is 23.1. The molecular weight excluding hydrogens is 512 g/mol. The molecule has 0 fully saturated rings. The second-order valence-electron chi connectivity index (χ2n) is 6.58. The van der Waals surface area contributed by atoms with Crippen molar-refractivity contribution in [3.63, 3.8) is 0 Å². The molecule has 0 unspecified atom stereocenters. The number of carbonyl (C=O) groups is 1. The predicted molar refractivity (Wildman–Crippen MR) is 118 cm³/mol. The number of hydrogen-bond donors (Lipinski definition) is 4. The molecule has 8 nitrogen and oxygen atoms in total. The van der Waals surface area contributed by atoms with Crippen molar-refractivity contribution in [2.45, 2.75) is 17.2 Å². The number of hydrogen-bond acceptors (Lipinski definition) is 6. The van der Waals surface area contributed by atoms with E-state index < -0.39 is 33.0 Å². The fraction of sp³-hybridized carbons (Fsp3) is 0.100. The van der Waals surface area contributed by atoms with Crippen LogP contribution in [0.1, 0.15) is 21.5 Å². The molecule has 1 amide bonds. The molecule has 0 aliphatic carbocycles. The number of pyridine rings is 1. The second kappa shape index (κ2) is 9.13. The van der Waals surface area contributed by atoms with Gasteiger partial charge in [0.2, 0.25) is 5.56 Å². The van der Waals surface area contributed by atoms with Gasteiger partial charge in [0.1, 0.15) is 16.4 Å². The lowest BCUT2D eigenvalue weighted by molar-refractivity contribution is 0.0948. The number of aromatic nitrogens is 1. The zero-order valence-electron chi connectivity index (χ0n) is 15.7. The van der Waals surface area contributed by atoms with Gasteiger partial charge in [0.15, 0.2) is 9.84 Å². The number of amides is 1. The van der Waals surface area contributed by atoms with Gasteiger partial charge < -0.3 is 20.5 Å². The number of nitrogens with one attached hydrogen (secondary N) is 2. The molecule has 0 aliphatic heterocycles. The van der Waals surface area contributed by atoms with Crippen molar-refractivity contribution in [1.29, 1.82) is 0 Å². The van der Waals surface area contributed by atoms with Gasteiger partial charge in [-0.05, 0) is 35.9 Å². The van der Waals surface area contributed by atoms with E-state index in [-0.39, 0.29) is 33.1 Å². The Morgan fingerprint density at radius 1 is 1.13 bits per heavy atom. The lowest BCUT2D eigenvalue weighted by atomic mass is 10.1. The van der Waals surface area contributed by atoms with Crippen LogP contribution in [0.4, 0.5) is 0 Å². The van der Waals surface area contributed by atoms with E-state index in [2.05, 4.69) is 26.2 Å². The molecule has 1 heterocycles. The topological polar surface area (TPSA) is 137 Å². The first kappa shape index (κ1) is 22.9. The van der Waals surface area contributed by atoms with E-state index in [0.717, 1.165) is 0 Å². The van der Waals surface area contributed by atoms with E-state index in [4.69, 9.17) is 11.6 Å². The van der Waals surface area contributed by atoms with Gasteiger partial charge in [-0.1, -0.05) is 33.6 Å². The van der Waals surface area contributed by atoms with Crippen molar-refractivity contribution in [2.75, 3.05) is 0 Å². The minimum Gasteiger partial charge on any atom is -0.507 e. The fourth-order valence-electron chi connectivity index (χ4n) is 2.79. The third-order valence-corrected chi connectivity index (χ3v) is 6.70. The maximum Gasteiger partial charge on any atom is 0.255 e. The van der Waals surface area contributed by atoms with Crippen molar-refractivity contribution in [3.05, 3.63) is 85.2 Å². The van der Waals surface area contributed by atoms with Gasteiger partial charge in [-0.15, -0.1) is 0 Å². The number of halogens is 2. The average molecular weight is 528 g/mol. The second-order valence-corrected chi connectivity index (χ2v) is 9.89. The lowest BCUT2D eigenvalue weighted by Gasteiger charge is -2.13. The molecule has 0 radical (unpaired) electrons. The zero-order chi connectivity index (χ0) is 22.8. The Morgan fingerprint density at radius 2 is 1.87 bits per heavy atom. The smallest absolute Gasteiger partial charge is 0.255 e. The number of benzene rings is 2. The highest BCUT2D eigenvalue weighted by molar-refractivity contribution is 9.10. The minimum absolute atomic E-state index is 0.0515. The first-order chi connectivity index (χ1) is 14.6. The monoisotopic (exact) mass is 526 g/mol. The summed E-state index contributed by atoms with van der Waals surface area (Å²) in [6.07, 6.45) is 1.43. The first-order valence-corrected chi connectivity index (χ1v) is 11.6. The molecule has 31 heavy (non-hydrogen) atoms. The van der Waals surface area contributed by atoms with Gasteiger partial charge in [0, 0.05) is 33.9 Å². The third kappa shape index (κ3) is 5.46. The van der Waals surface area contributed by atoms with Crippen LogP contribution in [-0.4, -0.2) is 29.5 Å². The van der Waals surface area contributed by atoms with Crippen LogP contribution in [0.2, 0.25) is 5.02 Å². The summed E-state index contributed by atoms with van der Waals surface area (Å²) in [5.41, 5.74) is 0.0222. The Morgan fingerprint density at radius 3 is 2.55 bits per heavy atom. The molecule has 0 atom stereocenters. The SMILES string of the molecule is O=C(NCc1ccc(=O)[nH]c1)c1cc(Cl)cc(CS(=O)(=O)c2cc(Br)ccc2O)c1O. The van der Waals surface area contributed by atoms with Gasteiger partial charge in [-0.3, -0.25) is 9.59 Å². The van der Waals surface area contributed by atoms with Crippen LogP contribution in [0, 0.1) is 0 Å². The van der Waals surface area contributed by atoms with Crippen LogP contribution in [0.15, 0.2) is 62.8 Å². The molecule has 3 rings (SSSR count). The molecule has 2 aromatic carbocycles. The average Bonchev–Trinajstić information content (AvgIpc) is 2.71. The summed E-state index contributed by atoms with van der Waals surface area (Å²) in [7, 11) is -4.07. The Labute approximate surface area is 190 Å². The summed E-state index contributed by atoms with van der Waals surface area (Å²) < 4.78 is 26.0. The van der Waals surface area contributed by atoms with E-state index in [1.165, 1.54) is 48.7 Å². The van der Waals surface area contributed by atoms with Crippen molar-refractivity contribution < 1.29 is 23.4 Å². The van der Waals surface area contributed by atoms with Gasteiger partial charge >= 0.3 is 0 Å². The highest BCUT2D eigenvalue weighted by atomic mass is 79.9. The highest BCUT2D eigenvalue weighted by Gasteiger charge is 2.24. The van der Waals surface area contributed by atoms with E-state index in [1.54, 1.807) is 0 Å². The molecule has 0 spiro atoms. The number of sulfone groups is 1. The third-order valence-electron chi connectivity index (χ3n) is 4.30. The maximum absolute atomic E-state index is 12.8. The molecule has 0 bridgehead atoms. The van der Waals surface area contributed by atoms with Crippen LogP contribution < -0.4 is 10.9 Å². The largest absolute Gasteiger partial charge is 0.507 e. The molecule has 3 aromatic rings. The maximum atomic E-state index is 12.8. The Bertz CT molecular complexity index is 1300. The molecular formula is C20H16BrClN2O6S. The zero-order valence-corrected chi connectivity index (χ0v) is 18.9.